The summed E-state index contributed by atoms with van der Waals surface area (Å²) in [6, 6.07) is 9.77. The summed E-state index contributed by atoms with van der Waals surface area (Å²) in [5.74, 6) is -0.321. The van der Waals surface area contributed by atoms with Crippen LogP contribution >= 0.6 is 27.5 Å². The van der Waals surface area contributed by atoms with Gasteiger partial charge < -0.3 is 4.43 Å². The van der Waals surface area contributed by atoms with Gasteiger partial charge in [-0.05, 0) is 57.3 Å². The molecule has 1 aromatic carbocycles. The number of nitrogens with zero attached hydrogens (tertiary/aromatic N) is 4. The Morgan fingerprint density at radius 3 is 2.63 bits per heavy atom. The van der Waals surface area contributed by atoms with E-state index in [1.54, 1.807) is 6.07 Å². The van der Waals surface area contributed by atoms with E-state index in [2.05, 4.69) is 50.6 Å². The number of carbonyl (C=O) groups is 1. The monoisotopic (exact) mass is 506 g/mol. The molecule has 0 saturated heterocycles. The number of benzene rings is 1. The van der Waals surface area contributed by atoms with Crippen molar-refractivity contribution < 1.29 is 9.22 Å². The summed E-state index contributed by atoms with van der Waals surface area (Å²) in [4.78, 5) is 20.9. The highest BCUT2D eigenvalue weighted by molar-refractivity contribution is 9.10. The molecule has 0 atom stereocenters. The van der Waals surface area contributed by atoms with E-state index in [9.17, 15) is 4.79 Å². The topological polar surface area (TPSA) is 69.9 Å². The van der Waals surface area contributed by atoms with Crippen LogP contribution in [-0.4, -0.2) is 33.8 Å². The van der Waals surface area contributed by atoms with Gasteiger partial charge in [0.15, 0.2) is 8.32 Å². The molecule has 158 valence electrons. The Labute approximate surface area is 190 Å². The Balaban J connectivity index is 2.07. The first-order chi connectivity index (χ1) is 14.0. The fourth-order valence-corrected chi connectivity index (χ4v) is 5.62. The molecule has 0 spiro atoms. The zero-order chi connectivity index (χ0) is 22.1. The summed E-state index contributed by atoms with van der Waals surface area (Å²) in [5.41, 5.74) is 1.75. The van der Waals surface area contributed by atoms with E-state index in [1.807, 2.05) is 42.8 Å². The van der Waals surface area contributed by atoms with Gasteiger partial charge in [-0.2, -0.15) is 5.10 Å². The molecule has 30 heavy (non-hydrogen) atoms. The van der Waals surface area contributed by atoms with Crippen molar-refractivity contribution in [1.29, 1.82) is 0 Å². The number of hydrogen-bond acceptors (Lipinski definition) is 5. The highest BCUT2D eigenvalue weighted by Crippen LogP contribution is 2.31. The molecule has 0 aliphatic rings. The van der Waals surface area contributed by atoms with Gasteiger partial charge in [0, 0.05) is 10.7 Å². The molecular weight excluding hydrogens is 484 g/mol. The summed E-state index contributed by atoms with van der Waals surface area (Å²) in [6.07, 6.45) is 2.72. The number of ketones is 1. The van der Waals surface area contributed by atoms with Crippen molar-refractivity contribution in [3.05, 3.63) is 75.0 Å². The van der Waals surface area contributed by atoms with E-state index in [4.69, 9.17) is 16.0 Å². The van der Waals surface area contributed by atoms with Gasteiger partial charge in [0.1, 0.15) is 17.2 Å². The molecule has 0 saturated carbocycles. The lowest BCUT2D eigenvalue weighted by Crippen LogP contribution is -2.38. The summed E-state index contributed by atoms with van der Waals surface area (Å²) in [6.45, 7) is 10.9. The fourth-order valence-electron chi connectivity index (χ4n) is 3.36. The second-order valence-corrected chi connectivity index (χ2v) is 14.2. The maximum atomic E-state index is 13.1. The van der Waals surface area contributed by atoms with Gasteiger partial charge in [-0.25, -0.2) is 9.97 Å². The predicted octanol–water partition coefficient (Wildman–Crippen LogP) is 5.45. The van der Waals surface area contributed by atoms with Crippen LogP contribution in [0.2, 0.25) is 24.8 Å². The Bertz CT molecular complexity index is 1080. The standard InChI is InChI=1S/C21H24BrClN4O2Si/c1-21(2,29-30(3,4)5)18-10-17(19(28)16-11-24-13-25-20(16)23)26-27(18)12-14-7-6-8-15(22)9-14/h6-11,13H,12H2,1-5H3. The molecule has 3 rings (SSSR count). The molecule has 6 nitrogen and oxygen atoms in total. The Morgan fingerprint density at radius 2 is 2.00 bits per heavy atom. The zero-order valence-electron chi connectivity index (χ0n) is 17.6. The molecule has 0 aliphatic heterocycles. The van der Waals surface area contributed by atoms with E-state index in [0.717, 1.165) is 15.7 Å². The molecule has 0 unspecified atom stereocenters. The molecule has 0 radical (unpaired) electrons. The minimum Gasteiger partial charge on any atom is -0.407 e. The molecule has 9 heteroatoms. The quantitative estimate of drug-likeness (QED) is 0.241. The minimum atomic E-state index is -1.86. The van der Waals surface area contributed by atoms with Crippen LogP contribution < -0.4 is 0 Å². The average molecular weight is 508 g/mol. The van der Waals surface area contributed by atoms with Crippen molar-refractivity contribution >= 4 is 41.6 Å². The third-order valence-corrected chi connectivity index (χ3v) is 6.24. The van der Waals surface area contributed by atoms with Gasteiger partial charge in [0.05, 0.1) is 23.4 Å². The van der Waals surface area contributed by atoms with Gasteiger partial charge in [-0.3, -0.25) is 9.48 Å². The SMILES string of the molecule is CC(C)(O[Si](C)(C)C)c1cc(C(=O)c2cncnc2Cl)nn1Cc1cccc(Br)c1. The largest absolute Gasteiger partial charge is 0.407 e. The lowest BCUT2D eigenvalue weighted by Gasteiger charge is -2.33. The summed E-state index contributed by atoms with van der Waals surface area (Å²) < 4.78 is 9.25. The fraction of sp³-hybridized carbons (Fsp3) is 0.333. The third-order valence-electron chi connectivity index (χ3n) is 4.32. The van der Waals surface area contributed by atoms with Crippen LogP contribution in [0.25, 0.3) is 0 Å². The molecule has 2 heterocycles. The summed E-state index contributed by atoms with van der Waals surface area (Å²) in [5, 5.41) is 4.73. The number of halogens is 2. The van der Waals surface area contributed by atoms with E-state index in [-0.39, 0.29) is 22.2 Å². The zero-order valence-corrected chi connectivity index (χ0v) is 21.0. The highest BCUT2D eigenvalue weighted by atomic mass is 79.9. The first-order valence-electron chi connectivity index (χ1n) is 9.49. The van der Waals surface area contributed by atoms with Crippen molar-refractivity contribution in [3.8, 4) is 0 Å². The van der Waals surface area contributed by atoms with Gasteiger partial charge in [0.2, 0.25) is 5.78 Å². The van der Waals surface area contributed by atoms with E-state index in [1.165, 1.54) is 12.5 Å². The van der Waals surface area contributed by atoms with Crippen molar-refractivity contribution in [2.45, 2.75) is 45.6 Å². The Morgan fingerprint density at radius 1 is 1.27 bits per heavy atom. The third kappa shape index (κ3) is 5.43. The van der Waals surface area contributed by atoms with Gasteiger partial charge in [0.25, 0.3) is 0 Å². The Hall–Kier alpha value is -1.87. The molecule has 2 aromatic heterocycles. The maximum Gasteiger partial charge on any atom is 0.217 e. The van der Waals surface area contributed by atoms with Gasteiger partial charge in [-0.15, -0.1) is 0 Å². The molecule has 3 aromatic rings. The molecule has 0 amide bonds. The van der Waals surface area contributed by atoms with Crippen LogP contribution in [0.15, 0.2) is 47.3 Å². The minimum absolute atomic E-state index is 0.107. The normalized spacial score (nSPS) is 12.2. The van der Waals surface area contributed by atoms with Crippen molar-refractivity contribution in [2.24, 2.45) is 0 Å². The van der Waals surface area contributed by atoms with Crippen molar-refractivity contribution in [3.63, 3.8) is 0 Å². The number of aromatic nitrogens is 4. The first-order valence-corrected chi connectivity index (χ1v) is 14.1. The molecular formula is C21H24BrClN4O2Si. The van der Waals surface area contributed by atoms with Crippen molar-refractivity contribution in [2.75, 3.05) is 0 Å². The average Bonchev–Trinajstić information content (AvgIpc) is 3.04. The van der Waals surface area contributed by atoms with Gasteiger partial charge in [-0.1, -0.05) is 39.7 Å². The Kier molecular flexibility index (Phi) is 6.62. The molecule has 0 N–H and O–H groups in total. The van der Waals surface area contributed by atoms with E-state index < -0.39 is 13.9 Å². The molecule has 0 aliphatic carbocycles. The molecule has 0 bridgehead atoms. The number of hydrogen-bond donors (Lipinski definition) is 0. The van der Waals surface area contributed by atoms with Crippen LogP contribution in [0.4, 0.5) is 0 Å². The number of carbonyl (C=O) groups excluding carboxylic acids is 1. The lowest BCUT2D eigenvalue weighted by atomic mass is 10.0. The molecule has 0 fully saturated rings. The van der Waals surface area contributed by atoms with E-state index in [0.29, 0.717) is 6.54 Å². The maximum absolute atomic E-state index is 13.1. The number of rotatable bonds is 7. The van der Waals surface area contributed by atoms with Crippen LogP contribution in [0.1, 0.15) is 41.2 Å². The van der Waals surface area contributed by atoms with Gasteiger partial charge >= 0.3 is 0 Å². The van der Waals surface area contributed by atoms with Crippen LogP contribution in [-0.2, 0) is 16.6 Å². The predicted molar refractivity (Wildman–Crippen MR) is 123 cm³/mol. The van der Waals surface area contributed by atoms with Crippen LogP contribution in [0.3, 0.4) is 0 Å². The summed E-state index contributed by atoms with van der Waals surface area (Å²) >= 11 is 9.62. The van der Waals surface area contributed by atoms with Crippen molar-refractivity contribution in [1.82, 2.24) is 19.7 Å². The van der Waals surface area contributed by atoms with Crippen LogP contribution in [0.5, 0.6) is 0 Å². The smallest absolute Gasteiger partial charge is 0.217 e. The van der Waals surface area contributed by atoms with E-state index >= 15 is 0 Å². The summed E-state index contributed by atoms with van der Waals surface area (Å²) in [7, 11) is -1.86. The lowest BCUT2D eigenvalue weighted by molar-refractivity contribution is 0.0898. The van der Waals surface area contributed by atoms with Crippen LogP contribution in [0, 0.1) is 0 Å². The first kappa shape index (κ1) is 22.8. The highest BCUT2D eigenvalue weighted by Gasteiger charge is 2.33. The second kappa shape index (κ2) is 8.70. The second-order valence-electron chi connectivity index (χ2n) is 8.48.